The lowest BCUT2D eigenvalue weighted by Crippen LogP contribution is -2.75. The van der Waals surface area contributed by atoms with E-state index in [-0.39, 0.29) is 32.0 Å². The minimum absolute atomic E-state index is 0.250. The Morgan fingerprint density at radius 2 is 0.611 bits per heavy atom. The van der Waals surface area contributed by atoms with Crippen LogP contribution in [0.3, 0.4) is 0 Å². The molecule has 0 heterocycles. The average Bonchev–Trinajstić information content (AvgIpc) is 0.695. The van der Waals surface area contributed by atoms with Crippen LogP contribution in [0.25, 0.3) is 0 Å². The highest BCUT2D eigenvalue weighted by atomic mass is 32.3. The summed E-state index contributed by atoms with van der Waals surface area (Å²) in [7, 11) is -13.2. The Balaban J connectivity index is 1.61. The van der Waals surface area contributed by atoms with E-state index in [0.717, 1.165) is 90.9 Å². The number of Topliss-reactive ketones (excluding diaryl/α,β-unsaturated/α-hetero) is 3. The second-order valence-corrected chi connectivity index (χ2v) is 28.6. The fourth-order valence-corrected chi connectivity index (χ4v) is 17.0. The number of hydrogen-bond donors (Lipinski definition) is 0. The van der Waals surface area contributed by atoms with Gasteiger partial charge in [0, 0.05) is 60.7 Å². The van der Waals surface area contributed by atoms with Crippen molar-refractivity contribution in [3.8, 4) is 0 Å². The quantitative estimate of drug-likeness (QED) is 0.0323. The summed E-state index contributed by atoms with van der Waals surface area (Å²) in [6.07, 6.45) is -2.34. The maximum atomic E-state index is 16.6. The topological polar surface area (TPSA) is 94.6 Å². The predicted molar refractivity (Wildman–Crippen MR) is 310 cm³/mol. The second-order valence-electron chi connectivity index (χ2n) is 20.7. The summed E-state index contributed by atoms with van der Waals surface area (Å²) in [5.74, 6) is -53.8. The highest BCUT2D eigenvalue weighted by Crippen LogP contribution is 2.72. The summed E-state index contributed by atoms with van der Waals surface area (Å²) in [5.41, 5.74) is 3.20. The molecule has 6 nitrogen and oxygen atoms in total. The zero-order valence-corrected chi connectivity index (χ0v) is 52.5. The number of aryl methyl sites for hydroxylation is 3. The fourth-order valence-electron chi connectivity index (χ4n) is 9.17. The van der Waals surface area contributed by atoms with E-state index in [0.29, 0.717) is 86.6 Å². The number of carbonyl (C=O) groups excluding carboxylic acids is 3. The van der Waals surface area contributed by atoms with Crippen LogP contribution < -0.4 is 0 Å². The minimum Gasteiger partial charge on any atom is -0.295 e. The number of rotatable bonds is 30. The SMILES string of the molecule is CCCCc1cc(Sc2ccc(S(OS(=O)(=O)C(F)(F)C(F)(F)C(F)(F)C(F)(F)C(F)(F)C(F)(F)C(F)(F)C(F)(F)F)(c3ccc(Sc4ccc(C(C)=O)c(CCCC)c4)cc3)c3ccc(Sc4ccc(C(C)=O)c(CCCC)c4)cc3)cc2)ccc1C(C)=O. The number of alkyl halides is 17. The Morgan fingerprint density at radius 3 is 0.856 bits per heavy atom. The summed E-state index contributed by atoms with van der Waals surface area (Å²) in [5, 5.41) is -8.05. The van der Waals surface area contributed by atoms with Crippen molar-refractivity contribution in [2.75, 3.05) is 0 Å². The summed E-state index contributed by atoms with van der Waals surface area (Å²) in [4.78, 5) is 38.0. The first-order valence-electron chi connectivity index (χ1n) is 27.4. The Kier molecular flexibility index (Phi) is 22.8. The highest BCUT2D eigenvalue weighted by molar-refractivity contribution is 8.33. The van der Waals surface area contributed by atoms with E-state index in [1.807, 2.05) is 20.8 Å². The number of ketones is 3. The molecule has 0 spiro atoms. The van der Waals surface area contributed by atoms with E-state index in [4.69, 9.17) is 3.63 Å². The molecule has 490 valence electrons. The molecule has 0 bridgehead atoms. The van der Waals surface area contributed by atoms with Gasteiger partial charge in [0.1, 0.15) is 0 Å². The summed E-state index contributed by atoms with van der Waals surface area (Å²) in [6, 6.07) is 27.8. The molecular weight excluding hydrogens is 1320 g/mol. The lowest BCUT2D eigenvalue weighted by Gasteiger charge is -2.44. The second kappa shape index (κ2) is 28.0. The molecule has 0 aliphatic heterocycles. The van der Waals surface area contributed by atoms with Crippen LogP contribution in [-0.2, 0) is 33.0 Å². The van der Waals surface area contributed by atoms with Crippen LogP contribution >= 0.6 is 45.6 Å². The molecule has 0 saturated heterocycles. The minimum atomic E-state index is -9.09. The number of unbranched alkanes of at least 4 members (excludes halogenated alkanes) is 3. The first kappa shape index (κ1) is 73.5. The molecular formula is C62H57F17O6S5. The fraction of sp³-hybridized carbons (Fsp3) is 0.371. The van der Waals surface area contributed by atoms with Crippen LogP contribution in [0.4, 0.5) is 74.6 Å². The van der Waals surface area contributed by atoms with Crippen molar-refractivity contribution in [3.63, 3.8) is 0 Å². The Morgan fingerprint density at radius 1 is 0.367 bits per heavy atom. The third kappa shape index (κ3) is 14.3. The van der Waals surface area contributed by atoms with Crippen molar-refractivity contribution in [3.05, 3.63) is 161 Å². The van der Waals surface area contributed by atoms with E-state index in [9.17, 15) is 62.3 Å². The third-order valence-corrected chi connectivity index (χ3v) is 22.4. The number of hydrogen-bond acceptors (Lipinski definition) is 9. The first-order chi connectivity index (χ1) is 41.6. The molecule has 0 unspecified atom stereocenters. The van der Waals surface area contributed by atoms with Gasteiger partial charge in [-0.1, -0.05) is 93.5 Å². The van der Waals surface area contributed by atoms with Gasteiger partial charge in [-0.25, -0.2) is 3.63 Å². The molecule has 0 radical (unpaired) electrons. The van der Waals surface area contributed by atoms with Crippen molar-refractivity contribution < 1.29 is 101 Å². The molecule has 28 heteroatoms. The number of halogens is 17. The van der Waals surface area contributed by atoms with Crippen LogP contribution in [0.2, 0.25) is 0 Å². The monoisotopic (exact) mass is 1380 g/mol. The largest absolute Gasteiger partial charge is 0.460 e. The normalized spacial score (nSPS) is 13.6. The van der Waals surface area contributed by atoms with E-state index >= 15 is 35.1 Å². The summed E-state index contributed by atoms with van der Waals surface area (Å²) >= 11 is 3.05. The molecule has 6 aromatic rings. The maximum Gasteiger partial charge on any atom is 0.460 e. The molecule has 0 atom stereocenters. The molecule has 6 rings (SSSR count). The maximum absolute atomic E-state index is 16.6. The van der Waals surface area contributed by atoms with Crippen LogP contribution in [-0.4, -0.2) is 72.7 Å². The molecule has 0 fully saturated rings. The van der Waals surface area contributed by atoms with Crippen molar-refractivity contribution in [1.29, 1.82) is 0 Å². The Bertz CT molecular complexity index is 3400. The van der Waals surface area contributed by atoms with Gasteiger partial charge in [0.25, 0.3) is 0 Å². The van der Waals surface area contributed by atoms with Gasteiger partial charge in [0.2, 0.25) is 0 Å². The van der Waals surface area contributed by atoms with E-state index in [2.05, 4.69) is 0 Å². The van der Waals surface area contributed by atoms with E-state index < -0.39 is 82.1 Å². The van der Waals surface area contributed by atoms with Crippen molar-refractivity contribution >= 4 is 73.1 Å². The summed E-state index contributed by atoms with van der Waals surface area (Å²) in [6.45, 7) is 9.81. The van der Waals surface area contributed by atoms with Crippen LogP contribution in [0.1, 0.15) is 128 Å². The van der Waals surface area contributed by atoms with Gasteiger partial charge in [-0.15, -0.1) is 0 Å². The van der Waals surface area contributed by atoms with E-state index in [1.165, 1.54) is 57.2 Å². The molecule has 0 saturated carbocycles. The molecule has 0 aliphatic carbocycles. The predicted octanol–water partition coefficient (Wildman–Crippen LogP) is 21.3. The van der Waals surface area contributed by atoms with Gasteiger partial charge in [0.15, 0.2) is 17.3 Å². The zero-order chi connectivity index (χ0) is 67.4. The van der Waals surface area contributed by atoms with Crippen LogP contribution in [0, 0.1) is 0 Å². The van der Waals surface area contributed by atoms with Crippen molar-refractivity contribution in [2.24, 2.45) is 0 Å². The first-order valence-corrected chi connectivity index (χ1v) is 32.8. The Hall–Kier alpha value is -5.55. The van der Waals surface area contributed by atoms with Gasteiger partial charge in [-0.3, -0.25) is 14.4 Å². The van der Waals surface area contributed by atoms with E-state index in [1.54, 1.807) is 54.6 Å². The van der Waals surface area contributed by atoms with Gasteiger partial charge in [-0.2, -0.15) is 83.1 Å². The van der Waals surface area contributed by atoms with Gasteiger partial charge in [-0.05, 0) is 195 Å². The zero-order valence-electron chi connectivity index (χ0n) is 48.4. The van der Waals surface area contributed by atoms with Crippen molar-refractivity contribution in [1.82, 2.24) is 0 Å². The Labute approximate surface area is 522 Å². The third-order valence-electron chi connectivity index (χ3n) is 14.1. The van der Waals surface area contributed by atoms with Gasteiger partial charge in [0.05, 0.1) is 0 Å². The van der Waals surface area contributed by atoms with Gasteiger partial charge < -0.3 is 0 Å². The molecule has 0 N–H and O–H groups in total. The smallest absolute Gasteiger partial charge is 0.295 e. The lowest BCUT2D eigenvalue weighted by atomic mass is 9.91. The van der Waals surface area contributed by atoms with Crippen LogP contribution in [0.5, 0.6) is 0 Å². The van der Waals surface area contributed by atoms with Crippen molar-refractivity contribution in [2.45, 2.75) is 190 Å². The lowest BCUT2D eigenvalue weighted by molar-refractivity contribution is -0.458. The summed E-state index contributed by atoms with van der Waals surface area (Å²) < 4.78 is 285. The standard InChI is InChI=1S/C62H57F17O6S5/c1-7-10-13-40-34-46(22-31-52(40)37(4)80)86-43-16-25-49(26-17-43)89(50-27-18-44(19-28-50)87-47-23-32-53(38(5)81)41(35-47)14-11-8-2,51-29-20-45(21-30-51)88-48-24-33-54(39(6)82)42(36-48)15-12-9-3)85-90(83,84)62(78,79)60(73,74)58(69,70)56(65,66)55(63,64)57(67,68)59(71,72)61(75,76)77/h16-36H,7-15H2,1-6H3. The molecule has 6 aromatic carbocycles. The average molecular weight is 1380 g/mol. The van der Waals surface area contributed by atoms with Crippen LogP contribution in [0.15, 0.2) is 171 Å². The number of benzene rings is 6. The highest BCUT2D eigenvalue weighted by Gasteiger charge is 2.96. The van der Waals surface area contributed by atoms with Gasteiger partial charge >= 0.3 is 57.1 Å². The molecule has 0 aromatic heterocycles. The molecule has 90 heavy (non-hydrogen) atoms. The number of carbonyl (C=O) groups is 3. The molecule has 0 aliphatic rings. The molecule has 0 amide bonds.